The Kier molecular flexibility index (Phi) is 3.81. The molecule has 0 fully saturated rings. The van der Waals surface area contributed by atoms with Crippen LogP contribution in [-0.4, -0.2) is 12.6 Å². The van der Waals surface area contributed by atoms with Crippen LogP contribution in [0.2, 0.25) is 0 Å². The van der Waals surface area contributed by atoms with Crippen LogP contribution in [0.15, 0.2) is 68.7 Å². The zero-order chi connectivity index (χ0) is 18.7. The van der Waals surface area contributed by atoms with E-state index in [2.05, 4.69) is 43.2 Å². The minimum absolute atomic E-state index is 0.244. The molecule has 134 valence electrons. The Morgan fingerprint density at radius 1 is 1.04 bits per heavy atom. The van der Waals surface area contributed by atoms with Gasteiger partial charge in [0.1, 0.15) is 6.61 Å². The molecule has 27 heavy (non-hydrogen) atoms. The Morgan fingerprint density at radius 2 is 1.74 bits per heavy atom. The lowest BCUT2D eigenvalue weighted by Crippen LogP contribution is -2.20. The van der Waals surface area contributed by atoms with Crippen molar-refractivity contribution < 1.29 is 9.53 Å². The standard InChI is InChI=1S/C21H14Br2N2O2/c22-11-5-10(6-12(23)7-11)18-15-8-16(24)13-3-1-2-4-14(13)20(15)25-17-9-27-21(26)19(17)18/h1-8,18,25H,9,24H2. The second kappa shape index (κ2) is 6.11. The molecule has 2 aliphatic rings. The van der Waals surface area contributed by atoms with Gasteiger partial charge < -0.3 is 15.8 Å². The molecule has 0 bridgehead atoms. The van der Waals surface area contributed by atoms with Crippen LogP contribution in [0, 0.1) is 0 Å². The summed E-state index contributed by atoms with van der Waals surface area (Å²) in [6.07, 6.45) is 0. The number of esters is 1. The van der Waals surface area contributed by atoms with Crippen molar-refractivity contribution in [3.8, 4) is 0 Å². The van der Waals surface area contributed by atoms with Crippen LogP contribution in [0.5, 0.6) is 0 Å². The SMILES string of the molecule is Nc1cc2c(c3ccccc13)NC1=C(C(=O)OC1)C2c1cc(Br)cc(Br)c1. The van der Waals surface area contributed by atoms with Gasteiger partial charge in [-0.1, -0.05) is 56.1 Å². The molecular weight excluding hydrogens is 472 g/mol. The van der Waals surface area contributed by atoms with E-state index in [9.17, 15) is 4.79 Å². The molecule has 2 heterocycles. The van der Waals surface area contributed by atoms with Gasteiger partial charge in [0.25, 0.3) is 0 Å². The highest BCUT2D eigenvalue weighted by Crippen LogP contribution is 2.48. The second-order valence-electron chi connectivity index (χ2n) is 6.70. The van der Waals surface area contributed by atoms with E-state index in [-0.39, 0.29) is 18.5 Å². The predicted molar refractivity (Wildman–Crippen MR) is 114 cm³/mol. The minimum atomic E-state index is -0.282. The molecule has 0 radical (unpaired) electrons. The summed E-state index contributed by atoms with van der Waals surface area (Å²) in [5.74, 6) is -0.525. The fraction of sp³-hybridized carbons (Fsp3) is 0.0952. The number of rotatable bonds is 1. The summed E-state index contributed by atoms with van der Waals surface area (Å²) in [5, 5.41) is 5.48. The molecule has 0 spiro atoms. The second-order valence-corrected chi connectivity index (χ2v) is 8.54. The fourth-order valence-corrected chi connectivity index (χ4v) is 5.33. The van der Waals surface area contributed by atoms with Gasteiger partial charge in [0.05, 0.1) is 17.0 Å². The number of nitrogens with one attached hydrogen (secondary N) is 1. The van der Waals surface area contributed by atoms with Gasteiger partial charge in [0, 0.05) is 31.3 Å². The highest BCUT2D eigenvalue weighted by Gasteiger charge is 2.39. The third kappa shape index (κ3) is 2.58. The third-order valence-electron chi connectivity index (χ3n) is 5.09. The van der Waals surface area contributed by atoms with Gasteiger partial charge in [-0.15, -0.1) is 0 Å². The summed E-state index contributed by atoms with van der Waals surface area (Å²) in [5.41, 5.74) is 11.5. The van der Waals surface area contributed by atoms with Crippen molar-refractivity contribution in [3.05, 3.63) is 79.9 Å². The molecule has 3 N–H and O–H groups in total. The highest BCUT2D eigenvalue weighted by molar-refractivity contribution is 9.11. The summed E-state index contributed by atoms with van der Waals surface area (Å²) >= 11 is 7.12. The lowest BCUT2D eigenvalue weighted by molar-refractivity contribution is -0.136. The van der Waals surface area contributed by atoms with Gasteiger partial charge >= 0.3 is 5.97 Å². The maximum atomic E-state index is 12.5. The van der Waals surface area contributed by atoms with E-state index in [1.807, 2.05) is 42.5 Å². The maximum absolute atomic E-state index is 12.5. The summed E-state index contributed by atoms with van der Waals surface area (Å²) in [7, 11) is 0. The van der Waals surface area contributed by atoms with Crippen molar-refractivity contribution in [1.29, 1.82) is 0 Å². The van der Waals surface area contributed by atoms with Crippen LogP contribution in [0.4, 0.5) is 11.4 Å². The molecule has 0 aliphatic carbocycles. The van der Waals surface area contributed by atoms with E-state index < -0.39 is 0 Å². The van der Waals surface area contributed by atoms with Crippen LogP contribution in [0.1, 0.15) is 17.0 Å². The summed E-state index contributed by atoms with van der Waals surface area (Å²) in [6, 6.07) is 16.0. The van der Waals surface area contributed by atoms with Gasteiger partial charge in [-0.3, -0.25) is 0 Å². The number of carbonyl (C=O) groups excluding carboxylic acids is 1. The Bertz CT molecular complexity index is 1150. The van der Waals surface area contributed by atoms with Crippen molar-refractivity contribution in [3.63, 3.8) is 0 Å². The topological polar surface area (TPSA) is 64.3 Å². The molecule has 6 heteroatoms. The van der Waals surface area contributed by atoms with Crippen LogP contribution in [0.3, 0.4) is 0 Å². The maximum Gasteiger partial charge on any atom is 0.337 e. The van der Waals surface area contributed by atoms with Crippen molar-refractivity contribution in [2.75, 3.05) is 17.7 Å². The first-order valence-electron chi connectivity index (χ1n) is 8.47. The van der Waals surface area contributed by atoms with E-state index in [1.54, 1.807) is 0 Å². The third-order valence-corrected chi connectivity index (χ3v) is 6.01. The quantitative estimate of drug-likeness (QED) is 0.362. The number of anilines is 2. The average Bonchev–Trinajstić information content (AvgIpc) is 3.00. The summed E-state index contributed by atoms with van der Waals surface area (Å²) in [6.45, 7) is 0.262. The zero-order valence-electron chi connectivity index (χ0n) is 14.1. The normalized spacial score (nSPS) is 18.1. The lowest BCUT2D eigenvalue weighted by atomic mass is 9.80. The molecule has 1 unspecified atom stereocenters. The smallest absolute Gasteiger partial charge is 0.337 e. The largest absolute Gasteiger partial charge is 0.456 e. The minimum Gasteiger partial charge on any atom is -0.456 e. The van der Waals surface area contributed by atoms with Gasteiger partial charge in [-0.2, -0.15) is 0 Å². The van der Waals surface area contributed by atoms with E-state index in [0.29, 0.717) is 11.3 Å². The van der Waals surface area contributed by atoms with Gasteiger partial charge in [-0.05, 0) is 35.4 Å². The molecule has 4 nitrogen and oxygen atoms in total. The first-order valence-corrected chi connectivity index (χ1v) is 10.1. The monoisotopic (exact) mass is 484 g/mol. The molecule has 0 amide bonds. The number of fused-ring (bicyclic) bond motifs is 3. The lowest BCUT2D eigenvalue weighted by Gasteiger charge is -2.29. The van der Waals surface area contributed by atoms with Crippen molar-refractivity contribution in [1.82, 2.24) is 0 Å². The van der Waals surface area contributed by atoms with Gasteiger partial charge in [0.2, 0.25) is 0 Å². The Morgan fingerprint density at radius 3 is 2.48 bits per heavy atom. The van der Waals surface area contributed by atoms with E-state index in [4.69, 9.17) is 10.5 Å². The van der Waals surface area contributed by atoms with E-state index in [1.165, 1.54) is 0 Å². The van der Waals surface area contributed by atoms with Crippen LogP contribution in [0.25, 0.3) is 10.8 Å². The fourth-order valence-electron chi connectivity index (χ4n) is 4.00. The van der Waals surface area contributed by atoms with Crippen molar-refractivity contribution >= 4 is 60.0 Å². The molecule has 2 aliphatic heterocycles. The van der Waals surface area contributed by atoms with Gasteiger partial charge in [0.15, 0.2) is 0 Å². The molecular formula is C21H14Br2N2O2. The molecule has 5 rings (SSSR count). The Labute approximate surface area is 172 Å². The van der Waals surface area contributed by atoms with Crippen molar-refractivity contribution in [2.45, 2.75) is 5.92 Å². The van der Waals surface area contributed by atoms with Crippen LogP contribution < -0.4 is 11.1 Å². The van der Waals surface area contributed by atoms with Crippen LogP contribution in [-0.2, 0) is 9.53 Å². The highest BCUT2D eigenvalue weighted by atomic mass is 79.9. The first kappa shape index (κ1) is 16.8. The van der Waals surface area contributed by atoms with E-state index >= 15 is 0 Å². The number of cyclic esters (lactones) is 1. The van der Waals surface area contributed by atoms with E-state index in [0.717, 1.165) is 42.2 Å². The average molecular weight is 486 g/mol. The molecule has 0 saturated heterocycles. The first-order chi connectivity index (χ1) is 13.0. The predicted octanol–water partition coefficient (Wildman–Crippen LogP) is 5.32. The number of hydrogen-bond acceptors (Lipinski definition) is 4. The Balaban J connectivity index is 1.85. The molecule has 3 aromatic rings. The number of ether oxygens (including phenoxy) is 1. The molecule has 0 aromatic heterocycles. The summed E-state index contributed by atoms with van der Waals surface area (Å²) < 4.78 is 7.23. The number of benzene rings is 3. The number of halogens is 2. The van der Waals surface area contributed by atoms with Gasteiger partial charge in [-0.25, -0.2) is 4.79 Å². The number of carbonyl (C=O) groups is 1. The van der Waals surface area contributed by atoms with Crippen molar-refractivity contribution in [2.24, 2.45) is 0 Å². The number of hydrogen-bond donors (Lipinski definition) is 2. The molecule has 1 atom stereocenters. The van der Waals surface area contributed by atoms with Crippen LogP contribution >= 0.6 is 31.9 Å². The molecule has 3 aromatic carbocycles. The zero-order valence-corrected chi connectivity index (χ0v) is 17.2. The summed E-state index contributed by atoms with van der Waals surface area (Å²) in [4.78, 5) is 12.5. The number of nitrogen functional groups attached to an aromatic ring is 1. The Hall–Kier alpha value is -2.31. The molecule has 0 saturated carbocycles. The number of nitrogens with two attached hydrogens (primary N) is 1.